The van der Waals surface area contributed by atoms with Crippen LogP contribution < -0.4 is 22.3 Å². The molecular formula is C21H23N5O2. The number of amides is 1. The number of aliphatic imine (C=N–C) groups is 1. The highest BCUT2D eigenvalue weighted by atomic mass is 16.2. The lowest BCUT2D eigenvalue weighted by Gasteiger charge is -2.28. The van der Waals surface area contributed by atoms with E-state index >= 15 is 0 Å². The van der Waals surface area contributed by atoms with E-state index in [1.165, 1.54) is 28.1 Å². The summed E-state index contributed by atoms with van der Waals surface area (Å²) in [7, 11) is 0. The first-order chi connectivity index (χ1) is 13.4. The van der Waals surface area contributed by atoms with Gasteiger partial charge in [0, 0.05) is 6.20 Å². The number of pyridine rings is 1. The average molecular weight is 377 g/mol. The quantitative estimate of drug-likeness (QED) is 0.561. The van der Waals surface area contributed by atoms with Gasteiger partial charge in [0.25, 0.3) is 11.5 Å². The van der Waals surface area contributed by atoms with Gasteiger partial charge < -0.3 is 16.8 Å². The number of hydrogen-bond donors (Lipinski definition) is 3. The zero-order valence-corrected chi connectivity index (χ0v) is 15.7. The molecule has 2 aromatic rings. The van der Waals surface area contributed by atoms with Gasteiger partial charge in [-0.05, 0) is 55.4 Å². The molecule has 1 aromatic heterocycles. The van der Waals surface area contributed by atoms with Crippen LogP contribution in [0.1, 0.15) is 53.7 Å². The summed E-state index contributed by atoms with van der Waals surface area (Å²) in [5.41, 5.74) is 13.6. The predicted octanol–water partition coefficient (Wildman–Crippen LogP) is 2.03. The van der Waals surface area contributed by atoms with Crippen molar-refractivity contribution in [3.63, 3.8) is 0 Å². The highest BCUT2D eigenvalue weighted by molar-refractivity contribution is 5.95. The Morgan fingerprint density at radius 2 is 1.96 bits per heavy atom. The van der Waals surface area contributed by atoms with Crippen molar-refractivity contribution in [1.82, 2.24) is 9.88 Å². The molecular weight excluding hydrogens is 354 g/mol. The van der Waals surface area contributed by atoms with E-state index in [2.05, 4.69) is 22.4 Å². The minimum Gasteiger partial charge on any atom is -0.394 e. The van der Waals surface area contributed by atoms with Gasteiger partial charge in [-0.3, -0.25) is 14.2 Å². The molecule has 1 aliphatic carbocycles. The number of nitrogens with one attached hydrogen (secondary N) is 1. The lowest BCUT2D eigenvalue weighted by atomic mass is 9.93. The Kier molecular flexibility index (Phi) is 4.30. The summed E-state index contributed by atoms with van der Waals surface area (Å²) in [6, 6.07) is 11.1. The van der Waals surface area contributed by atoms with Gasteiger partial charge in [0.15, 0.2) is 0 Å². The number of carbonyl (C=O) groups excluding carboxylic acids is 1. The number of anilines is 1. The molecule has 2 aliphatic rings. The average Bonchev–Trinajstić information content (AvgIpc) is 3.26. The lowest BCUT2D eigenvalue weighted by Crippen LogP contribution is -2.46. The van der Waals surface area contributed by atoms with Crippen LogP contribution in [-0.4, -0.2) is 16.8 Å². The summed E-state index contributed by atoms with van der Waals surface area (Å²) >= 11 is 0. The van der Waals surface area contributed by atoms with E-state index in [1.807, 2.05) is 25.3 Å². The van der Waals surface area contributed by atoms with Crippen LogP contribution in [0.4, 0.5) is 5.69 Å². The number of nitrogen functional groups attached to an aromatic ring is 1. The van der Waals surface area contributed by atoms with Crippen LogP contribution in [0.15, 0.2) is 58.0 Å². The number of aromatic nitrogens is 1. The van der Waals surface area contributed by atoms with E-state index in [4.69, 9.17) is 11.5 Å². The van der Waals surface area contributed by atoms with Crippen molar-refractivity contribution < 1.29 is 4.79 Å². The number of nitrogens with two attached hydrogens (primary N) is 2. The Bertz CT molecular complexity index is 1050. The Morgan fingerprint density at radius 1 is 1.21 bits per heavy atom. The first-order valence-corrected chi connectivity index (χ1v) is 9.30. The predicted molar refractivity (Wildman–Crippen MR) is 109 cm³/mol. The normalized spacial score (nSPS) is 25.4. The van der Waals surface area contributed by atoms with E-state index in [0.29, 0.717) is 11.6 Å². The first kappa shape index (κ1) is 18.0. The maximum atomic E-state index is 12.6. The molecule has 2 heterocycles. The highest BCUT2D eigenvalue weighted by Gasteiger charge is 2.41. The maximum Gasteiger partial charge on any atom is 0.276 e. The minimum atomic E-state index is -0.964. The molecule has 144 valence electrons. The lowest BCUT2D eigenvalue weighted by molar-refractivity contribution is 0.0941. The molecule has 1 aliphatic heterocycles. The van der Waals surface area contributed by atoms with Crippen LogP contribution in [0.3, 0.4) is 0 Å². The fourth-order valence-corrected chi connectivity index (χ4v) is 4.23. The van der Waals surface area contributed by atoms with Gasteiger partial charge in [0.05, 0.1) is 12.0 Å². The number of benzene rings is 1. The summed E-state index contributed by atoms with van der Waals surface area (Å²) in [4.78, 5) is 29.0. The summed E-state index contributed by atoms with van der Waals surface area (Å²) in [6.45, 7) is 1.82. The number of nitrogens with zero attached hydrogens (tertiary/aromatic N) is 2. The maximum absolute atomic E-state index is 12.6. The van der Waals surface area contributed by atoms with Crippen molar-refractivity contribution in [2.75, 3.05) is 5.73 Å². The van der Waals surface area contributed by atoms with Crippen LogP contribution in [-0.2, 0) is 5.66 Å². The Hall–Kier alpha value is -3.35. The molecule has 2 unspecified atom stereocenters. The fraction of sp³-hybridized carbons (Fsp3) is 0.286. The third-order valence-electron chi connectivity index (χ3n) is 5.76. The van der Waals surface area contributed by atoms with Crippen LogP contribution in [0, 0.1) is 0 Å². The molecule has 1 fully saturated rings. The second-order valence-corrected chi connectivity index (χ2v) is 7.49. The Labute approximate surface area is 162 Å². The second-order valence-electron chi connectivity index (χ2n) is 7.49. The number of carbonyl (C=O) groups is 1. The molecule has 28 heavy (non-hydrogen) atoms. The minimum absolute atomic E-state index is 0.119. The summed E-state index contributed by atoms with van der Waals surface area (Å²) in [6.07, 6.45) is 6.19. The molecule has 1 amide bonds. The van der Waals surface area contributed by atoms with Crippen LogP contribution in [0.5, 0.6) is 0 Å². The summed E-state index contributed by atoms with van der Waals surface area (Å²) in [5.74, 6) is 0.152. The van der Waals surface area contributed by atoms with Crippen molar-refractivity contribution in [1.29, 1.82) is 0 Å². The van der Waals surface area contributed by atoms with E-state index in [1.54, 1.807) is 6.07 Å². The molecule has 1 aromatic carbocycles. The van der Waals surface area contributed by atoms with Crippen molar-refractivity contribution in [2.45, 2.75) is 37.8 Å². The van der Waals surface area contributed by atoms with E-state index in [-0.39, 0.29) is 17.2 Å². The Balaban J connectivity index is 1.65. The standard InChI is InChI=1S/C21H23N5O2/c1-21(25-19(27)18-9-8-17(23)20(28)26(18)21)16-6-4-14(5-7-16)15-3-2-13(10-15)11-24-12-22/h4-9,11-12,15H,2-3,10,23H2,1H3,(H2,22,24)(H,25,27)/b13-11+. The van der Waals surface area contributed by atoms with Gasteiger partial charge in [-0.15, -0.1) is 0 Å². The largest absolute Gasteiger partial charge is 0.394 e. The van der Waals surface area contributed by atoms with Crippen LogP contribution >= 0.6 is 0 Å². The van der Waals surface area contributed by atoms with Gasteiger partial charge in [-0.25, -0.2) is 4.99 Å². The SMILES string of the molecule is CC1(c2ccc(C3CC/C(=C\N=CN)C3)cc2)NC(=O)c2ccc(N)c(=O)n21. The van der Waals surface area contributed by atoms with Gasteiger partial charge in [0.2, 0.25) is 0 Å². The van der Waals surface area contributed by atoms with Crippen LogP contribution in [0.25, 0.3) is 0 Å². The summed E-state index contributed by atoms with van der Waals surface area (Å²) < 4.78 is 1.45. The van der Waals surface area contributed by atoms with Gasteiger partial charge in [-0.1, -0.05) is 29.8 Å². The molecule has 2 atom stereocenters. The fourth-order valence-electron chi connectivity index (χ4n) is 4.23. The number of allylic oxidation sites excluding steroid dienone is 1. The van der Waals surface area contributed by atoms with Crippen molar-refractivity contribution >= 4 is 17.9 Å². The monoisotopic (exact) mass is 377 g/mol. The summed E-state index contributed by atoms with van der Waals surface area (Å²) in [5, 5.41) is 2.93. The molecule has 7 heteroatoms. The first-order valence-electron chi connectivity index (χ1n) is 9.30. The molecule has 1 saturated carbocycles. The molecule has 5 N–H and O–H groups in total. The smallest absolute Gasteiger partial charge is 0.276 e. The van der Waals surface area contributed by atoms with Gasteiger partial charge in [-0.2, -0.15) is 0 Å². The number of fused-ring (bicyclic) bond motifs is 1. The van der Waals surface area contributed by atoms with Crippen molar-refractivity contribution in [2.24, 2.45) is 10.7 Å². The number of hydrogen-bond acceptors (Lipinski definition) is 4. The number of rotatable bonds is 3. The molecule has 7 nitrogen and oxygen atoms in total. The van der Waals surface area contributed by atoms with E-state index in [0.717, 1.165) is 24.8 Å². The highest BCUT2D eigenvalue weighted by Crippen LogP contribution is 2.38. The van der Waals surface area contributed by atoms with Crippen molar-refractivity contribution in [3.8, 4) is 0 Å². The van der Waals surface area contributed by atoms with Gasteiger partial charge >= 0.3 is 0 Å². The van der Waals surface area contributed by atoms with E-state index in [9.17, 15) is 9.59 Å². The zero-order valence-electron chi connectivity index (χ0n) is 15.7. The topological polar surface area (TPSA) is 116 Å². The third kappa shape index (κ3) is 2.79. The van der Waals surface area contributed by atoms with E-state index < -0.39 is 5.66 Å². The second kappa shape index (κ2) is 6.67. The molecule has 4 rings (SSSR count). The van der Waals surface area contributed by atoms with Crippen molar-refractivity contribution in [3.05, 3.63) is 75.3 Å². The Morgan fingerprint density at radius 3 is 2.68 bits per heavy atom. The molecule has 0 saturated heterocycles. The third-order valence-corrected chi connectivity index (χ3v) is 5.76. The molecule has 0 radical (unpaired) electrons. The molecule has 0 spiro atoms. The van der Waals surface area contributed by atoms with Crippen LogP contribution in [0.2, 0.25) is 0 Å². The van der Waals surface area contributed by atoms with Gasteiger partial charge in [0.1, 0.15) is 11.4 Å². The molecule has 0 bridgehead atoms. The zero-order chi connectivity index (χ0) is 19.9.